The second kappa shape index (κ2) is 6.33. The molecule has 1 aliphatic heterocycles. The average molecular weight is 278 g/mol. The topological polar surface area (TPSA) is 85.3 Å². The number of amides is 2. The van der Waals surface area contributed by atoms with Crippen LogP contribution in [-0.4, -0.2) is 34.3 Å². The summed E-state index contributed by atoms with van der Waals surface area (Å²) in [4.78, 5) is 23.2. The van der Waals surface area contributed by atoms with Crippen LogP contribution >= 0.6 is 0 Å². The van der Waals surface area contributed by atoms with Crippen molar-refractivity contribution in [2.45, 2.75) is 25.5 Å². The molecule has 1 aromatic rings. The molecule has 2 heterocycles. The van der Waals surface area contributed by atoms with Gasteiger partial charge < -0.3 is 15.4 Å². The Hall–Kier alpha value is -2.15. The quantitative estimate of drug-likeness (QED) is 0.761. The number of anilines is 1. The molecule has 1 aliphatic rings. The third kappa shape index (κ3) is 3.45. The molecule has 2 rings (SSSR count). The highest BCUT2D eigenvalue weighted by molar-refractivity contribution is 5.94. The molecule has 1 aromatic heterocycles. The zero-order valence-electron chi connectivity index (χ0n) is 11.4. The lowest BCUT2D eigenvalue weighted by Gasteiger charge is -2.10. The van der Waals surface area contributed by atoms with E-state index in [9.17, 15) is 9.59 Å². The van der Waals surface area contributed by atoms with Crippen molar-refractivity contribution in [1.29, 1.82) is 0 Å². The maximum Gasteiger partial charge on any atom is 0.254 e. The van der Waals surface area contributed by atoms with Gasteiger partial charge in [-0.3, -0.25) is 14.3 Å². The second-order valence-electron chi connectivity index (χ2n) is 4.59. The summed E-state index contributed by atoms with van der Waals surface area (Å²) in [5.74, 6) is -0.0277. The minimum absolute atomic E-state index is 0.197. The van der Waals surface area contributed by atoms with Gasteiger partial charge in [0.25, 0.3) is 5.91 Å². The minimum atomic E-state index is -0.410. The highest BCUT2D eigenvalue weighted by Crippen LogP contribution is 2.17. The van der Waals surface area contributed by atoms with Crippen LogP contribution in [0, 0.1) is 0 Å². The molecule has 0 aromatic carbocycles. The number of nitrogens with one attached hydrogen (secondary N) is 2. The van der Waals surface area contributed by atoms with E-state index in [1.165, 1.54) is 6.08 Å². The molecular formula is C13H18N4O3. The molecule has 0 spiro atoms. The summed E-state index contributed by atoms with van der Waals surface area (Å²) in [5.41, 5.74) is 0.731. The SMILES string of the molecule is C=CC(=O)NCc1cn(C)nc1NC(=O)[C@H]1CCCO1. The molecule has 0 bridgehead atoms. The van der Waals surface area contributed by atoms with Gasteiger partial charge in [-0.05, 0) is 18.9 Å². The van der Waals surface area contributed by atoms with Crippen molar-refractivity contribution in [3.05, 3.63) is 24.4 Å². The van der Waals surface area contributed by atoms with Crippen molar-refractivity contribution in [2.75, 3.05) is 11.9 Å². The number of aromatic nitrogens is 2. The van der Waals surface area contributed by atoms with Crippen molar-refractivity contribution in [3.63, 3.8) is 0 Å². The van der Waals surface area contributed by atoms with Crippen LogP contribution in [0.4, 0.5) is 5.82 Å². The zero-order chi connectivity index (χ0) is 14.5. The van der Waals surface area contributed by atoms with E-state index in [2.05, 4.69) is 22.3 Å². The number of nitrogens with zero attached hydrogens (tertiary/aromatic N) is 2. The van der Waals surface area contributed by atoms with Crippen LogP contribution < -0.4 is 10.6 Å². The van der Waals surface area contributed by atoms with E-state index in [4.69, 9.17) is 4.74 Å². The predicted octanol–water partition coefficient (Wildman–Crippen LogP) is 0.340. The van der Waals surface area contributed by atoms with E-state index in [1.807, 2.05) is 0 Å². The molecule has 0 radical (unpaired) electrons. The van der Waals surface area contributed by atoms with Crippen molar-refractivity contribution in [2.24, 2.45) is 7.05 Å². The second-order valence-corrected chi connectivity index (χ2v) is 4.59. The highest BCUT2D eigenvalue weighted by Gasteiger charge is 2.25. The first-order valence-corrected chi connectivity index (χ1v) is 6.45. The van der Waals surface area contributed by atoms with Crippen molar-refractivity contribution < 1.29 is 14.3 Å². The fraction of sp³-hybridized carbons (Fsp3) is 0.462. The Bertz CT molecular complexity index is 518. The number of carbonyl (C=O) groups is 2. The maximum absolute atomic E-state index is 12.0. The molecule has 1 saturated heterocycles. The third-order valence-electron chi connectivity index (χ3n) is 3.01. The lowest BCUT2D eigenvalue weighted by molar-refractivity contribution is -0.124. The Morgan fingerprint density at radius 3 is 3.10 bits per heavy atom. The molecule has 0 aliphatic carbocycles. The molecule has 1 atom stereocenters. The van der Waals surface area contributed by atoms with Gasteiger partial charge >= 0.3 is 0 Å². The van der Waals surface area contributed by atoms with E-state index in [-0.39, 0.29) is 18.4 Å². The van der Waals surface area contributed by atoms with Crippen LogP contribution in [0.5, 0.6) is 0 Å². The summed E-state index contributed by atoms with van der Waals surface area (Å²) >= 11 is 0. The summed E-state index contributed by atoms with van der Waals surface area (Å²) in [6.45, 7) is 4.27. The largest absolute Gasteiger partial charge is 0.368 e. The number of hydrogen-bond donors (Lipinski definition) is 2. The molecule has 7 nitrogen and oxygen atoms in total. The van der Waals surface area contributed by atoms with Crippen molar-refractivity contribution >= 4 is 17.6 Å². The van der Waals surface area contributed by atoms with Crippen LogP contribution in [0.1, 0.15) is 18.4 Å². The Morgan fingerprint density at radius 1 is 1.65 bits per heavy atom. The smallest absolute Gasteiger partial charge is 0.254 e. The summed E-state index contributed by atoms with van der Waals surface area (Å²) in [7, 11) is 1.75. The lowest BCUT2D eigenvalue weighted by atomic mass is 10.2. The van der Waals surface area contributed by atoms with E-state index in [0.717, 1.165) is 18.4 Å². The Kier molecular flexibility index (Phi) is 4.52. The van der Waals surface area contributed by atoms with Gasteiger partial charge in [0, 0.05) is 32.0 Å². The summed E-state index contributed by atoms with van der Waals surface area (Å²) in [6, 6.07) is 0. The van der Waals surface area contributed by atoms with E-state index >= 15 is 0 Å². The molecule has 108 valence electrons. The molecule has 20 heavy (non-hydrogen) atoms. The minimum Gasteiger partial charge on any atom is -0.368 e. The van der Waals surface area contributed by atoms with E-state index < -0.39 is 6.10 Å². The van der Waals surface area contributed by atoms with Gasteiger partial charge in [0.1, 0.15) is 6.10 Å². The molecule has 0 saturated carbocycles. The van der Waals surface area contributed by atoms with Crippen LogP contribution in [-0.2, 0) is 27.9 Å². The van der Waals surface area contributed by atoms with Crippen LogP contribution in [0.25, 0.3) is 0 Å². The average Bonchev–Trinajstić information content (AvgIpc) is 3.06. The molecule has 7 heteroatoms. The van der Waals surface area contributed by atoms with Gasteiger partial charge in [0.05, 0.1) is 0 Å². The Balaban J connectivity index is 2.01. The first kappa shape index (κ1) is 14.3. The van der Waals surface area contributed by atoms with Crippen LogP contribution in [0.15, 0.2) is 18.9 Å². The van der Waals surface area contributed by atoms with Crippen molar-refractivity contribution in [3.8, 4) is 0 Å². The van der Waals surface area contributed by atoms with Gasteiger partial charge in [0.15, 0.2) is 5.82 Å². The number of carbonyl (C=O) groups excluding carboxylic acids is 2. The fourth-order valence-corrected chi connectivity index (χ4v) is 2.01. The Labute approximate surface area is 117 Å². The molecule has 0 unspecified atom stereocenters. The zero-order valence-corrected chi connectivity index (χ0v) is 11.4. The van der Waals surface area contributed by atoms with Crippen molar-refractivity contribution in [1.82, 2.24) is 15.1 Å². The number of hydrogen-bond acceptors (Lipinski definition) is 4. The van der Waals surface area contributed by atoms with Gasteiger partial charge in [-0.25, -0.2) is 0 Å². The van der Waals surface area contributed by atoms with Gasteiger partial charge in [-0.15, -0.1) is 0 Å². The number of ether oxygens (including phenoxy) is 1. The fourth-order valence-electron chi connectivity index (χ4n) is 2.01. The molecular weight excluding hydrogens is 260 g/mol. The van der Waals surface area contributed by atoms with Gasteiger partial charge in [-0.2, -0.15) is 5.10 Å². The molecule has 2 amide bonds. The summed E-state index contributed by atoms with van der Waals surface area (Å²) in [5, 5.41) is 9.57. The first-order valence-electron chi connectivity index (χ1n) is 6.45. The molecule has 1 fully saturated rings. The highest BCUT2D eigenvalue weighted by atomic mass is 16.5. The number of rotatable bonds is 5. The van der Waals surface area contributed by atoms with Crippen LogP contribution in [0.2, 0.25) is 0 Å². The summed E-state index contributed by atoms with van der Waals surface area (Å²) in [6.07, 6.45) is 4.15. The molecule has 2 N–H and O–H groups in total. The Morgan fingerprint density at radius 2 is 2.45 bits per heavy atom. The number of aryl methyl sites for hydroxylation is 1. The predicted molar refractivity (Wildman–Crippen MR) is 72.9 cm³/mol. The standard InChI is InChI=1S/C13H18N4O3/c1-3-11(18)14-7-9-8-17(2)16-12(9)15-13(19)10-5-4-6-20-10/h3,8,10H,1,4-7H2,2H3,(H,14,18)(H,15,16,19)/t10-/m1/s1. The van der Waals surface area contributed by atoms with Gasteiger partial charge in [-0.1, -0.05) is 6.58 Å². The summed E-state index contributed by atoms with van der Waals surface area (Å²) < 4.78 is 6.90. The maximum atomic E-state index is 12.0. The normalized spacial score (nSPS) is 17.8. The van der Waals surface area contributed by atoms with E-state index in [1.54, 1.807) is 17.9 Å². The van der Waals surface area contributed by atoms with Crippen LogP contribution in [0.3, 0.4) is 0 Å². The lowest BCUT2D eigenvalue weighted by Crippen LogP contribution is -2.28. The first-order chi connectivity index (χ1) is 9.60. The third-order valence-corrected chi connectivity index (χ3v) is 3.01. The monoisotopic (exact) mass is 278 g/mol. The van der Waals surface area contributed by atoms with Gasteiger partial charge in [0.2, 0.25) is 5.91 Å². The van der Waals surface area contributed by atoms with E-state index in [0.29, 0.717) is 12.4 Å².